The van der Waals surface area contributed by atoms with Crippen LogP contribution >= 0.6 is 0 Å². The van der Waals surface area contributed by atoms with Crippen molar-refractivity contribution in [1.29, 1.82) is 0 Å². The first-order chi connectivity index (χ1) is 5.30. The largest absolute Gasteiger partial charge is 0.274 e. The summed E-state index contributed by atoms with van der Waals surface area (Å²) in [7, 11) is -2.09. The van der Waals surface area contributed by atoms with Crippen molar-refractivity contribution in [2.24, 2.45) is 5.92 Å². The van der Waals surface area contributed by atoms with Crippen molar-refractivity contribution in [2.75, 3.05) is 13.3 Å². The fraction of sp³-hybridized carbons (Fsp3) is 0.857. The minimum Gasteiger partial charge on any atom is -0.274 e. The smallest absolute Gasteiger partial charge is 0.238 e. The summed E-state index contributed by atoms with van der Waals surface area (Å²) in [5.74, 6) is -0.579. The Balaban J connectivity index is 4.52. The lowest BCUT2D eigenvalue weighted by atomic mass is 10.1. The molecule has 0 rings (SSSR count). The van der Waals surface area contributed by atoms with E-state index in [1.165, 1.54) is 7.05 Å². The maximum atomic E-state index is 11.3. The number of sulfonamides is 1. The van der Waals surface area contributed by atoms with Gasteiger partial charge in [0.25, 0.3) is 0 Å². The molecule has 0 aromatic heterocycles. The number of nitrogens with zero attached hydrogens (tertiary/aromatic N) is 1. The van der Waals surface area contributed by atoms with Crippen LogP contribution in [0.25, 0.3) is 0 Å². The highest BCUT2D eigenvalue weighted by atomic mass is 32.2. The zero-order valence-corrected chi connectivity index (χ0v) is 8.68. The molecule has 0 heterocycles. The van der Waals surface area contributed by atoms with Crippen molar-refractivity contribution >= 4 is 15.9 Å². The van der Waals surface area contributed by atoms with E-state index in [-0.39, 0.29) is 11.8 Å². The van der Waals surface area contributed by atoms with Gasteiger partial charge in [0, 0.05) is 13.0 Å². The molecule has 0 bridgehead atoms. The molecule has 1 unspecified atom stereocenters. The van der Waals surface area contributed by atoms with E-state index in [4.69, 9.17) is 0 Å². The summed E-state index contributed by atoms with van der Waals surface area (Å²) in [6.45, 7) is 3.56. The fourth-order valence-electron chi connectivity index (χ4n) is 0.648. The predicted octanol–water partition coefficient (Wildman–Crippen LogP) is 0.451. The summed E-state index contributed by atoms with van der Waals surface area (Å²) in [6.07, 6.45) is 1.67. The second kappa shape index (κ2) is 3.89. The zero-order chi connectivity index (χ0) is 9.94. The normalized spacial score (nSPS) is 14.0. The van der Waals surface area contributed by atoms with E-state index < -0.39 is 10.0 Å². The molecule has 72 valence electrons. The van der Waals surface area contributed by atoms with Gasteiger partial charge in [-0.25, -0.2) is 12.7 Å². The van der Waals surface area contributed by atoms with E-state index >= 15 is 0 Å². The monoisotopic (exact) mass is 193 g/mol. The maximum absolute atomic E-state index is 11.3. The Morgan fingerprint density at radius 1 is 1.50 bits per heavy atom. The molecule has 12 heavy (non-hydrogen) atoms. The van der Waals surface area contributed by atoms with Gasteiger partial charge >= 0.3 is 0 Å². The van der Waals surface area contributed by atoms with Crippen molar-refractivity contribution in [3.8, 4) is 0 Å². The molecule has 0 aliphatic rings. The number of rotatable bonds is 3. The van der Waals surface area contributed by atoms with Crippen molar-refractivity contribution in [3.63, 3.8) is 0 Å². The number of carbonyl (C=O) groups excluding carboxylic acids is 1. The molecule has 0 aliphatic carbocycles. The lowest BCUT2D eigenvalue weighted by Crippen LogP contribution is -2.35. The van der Waals surface area contributed by atoms with Crippen LogP contribution in [0, 0.1) is 5.92 Å². The minimum absolute atomic E-state index is 0.232. The predicted molar refractivity (Wildman–Crippen MR) is 47.1 cm³/mol. The van der Waals surface area contributed by atoms with Crippen LogP contribution in [0.4, 0.5) is 0 Å². The van der Waals surface area contributed by atoms with Crippen LogP contribution in [0.5, 0.6) is 0 Å². The second-order valence-corrected chi connectivity index (χ2v) is 4.89. The van der Waals surface area contributed by atoms with Gasteiger partial charge in [-0.3, -0.25) is 4.79 Å². The molecule has 1 atom stereocenters. The van der Waals surface area contributed by atoms with Gasteiger partial charge in [0.05, 0.1) is 6.26 Å². The molecule has 4 nitrogen and oxygen atoms in total. The van der Waals surface area contributed by atoms with E-state index in [1.54, 1.807) is 6.92 Å². The Kier molecular flexibility index (Phi) is 3.70. The van der Waals surface area contributed by atoms with Crippen LogP contribution in [0.15, 0.2) is 0 Å². The first-order valence-corrected chi connectivity index (χ1v) is 5.63. The first kappa shape index (κ1) is 11.4. The van der Waals surface area contributed by atoms with Gasteiger partial charge in [0.2, 0.25) is 15.9 Å². The second-order valence-electron chi connectivity index (χ2n) is 2.88. The number of hydrogen-bond acceptors (Lipinski definition) is 3. The fourth-order valence-corrected chi connectivity index (χ4v) is 1.16. The molecule has 1 amide bonds. The number of carbonyl (C=O) groups is 1. The van der Waals surface area contributed by atoms with Crippen LogP contribution in [-0.4, -0.2) is 31.9 Å². The van der Waals surface area contributed by atoms with Crippen molar-refractivity contribution in [3.05, 3.63) is 0 Å². The van der Waals surface area contributed by atoms with Gasteiger partial charge < -0.3 is 0 Å². The lowest BCUT2D eigenvalue weighted by molar-refractivity contribution is -0.129. The van der Waals surface area contributed by atoms with E-state index in [9.17, 15) is 13.2 Å². The highest BCUT2D eigenvalue weighted by Gasteiger charge is 2.22. The Morgan fingerprint density at radius 3 is 2.17 bits per heavy atom. The third-order valence-electron chi connectivity index (χ3n) is 1.84. The molecule has 0 aromatic carbocycles. The highest BCUT2D eigenvalue weighted by molar-refractivity contribution is 7.88. The summed E-state index contributed by atoms with van der Waals surface area (Å²) in [4.78, 5) is 11.3. The average molecular weight is 193 g/mol. The molecule has 0 aromatic rings. The number of amides is 1. The van der Waals surface area contributed by atoms with Gasteiger partial charge in [0.1, 0.15) is 0 Å². The SMILES string of the molecule is CCC(C)C(=O)N(C)S(C)(=O)=O. The molecule has 0 radical (unpaired) electrons. The maximum Gasteiger partial charge on any atom is 0.238 e. The highest BCUT2D eigenvalue weighted by Crippen LogP contribution is 2.07. The van der Waals surface area contributed by atoms with Gasteiger partial charge in [0.15, 0.2) is 0 Å². The Labute approximate surface area is 73.6 Å². The van der Waals surface area contributed by atoms with E-state index in [1.807, 2.05) is 6.92 Å². The van der Waals surface area contributed by atoms with Crippen LogP contribution in [0.3, 0.4) is 0 Å². The lowest BCUT2D eigenvalue weighted by Gasteiger charge is -2.17. The third kappa shape index (κ3) is 2.81. The molecule has 5 heteroatoms. The molecule has 0 spiro atoms. The van der Waals surface area contributed by atoms with Crippen LogP contribution in [0.1, 0.15) is 20.3 Å². The molecule has 0 fully saturated rings. The third-order valence-corrected chi connectivity index (χ3v) is 3.02. The molecular formula is C7H15NO3S. The number of hydrogen-bond donors (Lipinski definition) is 0. The van der Waals surface area contributed by atoms with Crippen molar-refractivity contribution < 1.29 is 13.2 Å². The summed E-state index contributed by atoms with van der Waals surface area (Å²) in [5, 5.41) is 0. The molecular weight excluding hydrogens is 178 g/mol. The summed E-state index contributed by atoms with van der Waals surface area (Å²) in [5.41, 5.74) is 0. The minimum atomic E-state index is -3.37. The van der Waals surface area contributed by atoms with E-state index in [2.05, 4.69) is 0 Å². The van der Waals surface area contributed by atoms with Crippen molar-refractivity contribution in [1.82, 2.24) is 4.31 Å². The Hall–Kier alpha value is -0.580. The quantitative estimate of drug-likeness (QED) is 0.654. The summed E-state index contributed by atoms with van der Waals surface area (Å²) >= 11 is 0. The average Bonchev–Trinajstić information content (AvgIpc) is 1.98. The molecule has 0 saturated heterocycles. The van der Waals surface area contributed by atoms with Crippen molar-refractivity contribution in [2.45, 2.75) is 20.3 Å². The van der Waals surface area contributed by atoms with Crippen LogP contribution < -0.4 is 0 Å². The molecule has 0 N–H and O–H groups in total. The first-order valence-electron chi connectivity index (χ1n) is 3.78. The van der Waals surface area contributed by atoms with E-state index in [0.29, 0.717) is 6.42 Å². The van der Waals surface area contributed by atoms with Crippen LogP contribution in [-0.2, 0) is 14.8 Å². The van der Waals surface area contributed by atoms with Gasteiger partial charge in [-0.2, -0.15) is 0 Å². The molecule has 0 saturated carbocycles. The zero-order valence-electron chi connectivity index (χ0n) is 7.86. The molecule has 0 aliphatic heterocycles. The van der Waals surface area contributed by atoms with Crippen LogP contribution in [0.2, 0.25) is 0 Å². The summed E-state index contributed by atoms with van der Waals surface area (Å²) in [6, 6.07) is 0. The Bertz CT molecular complexity index is 258. The topological polar surface area (TPSA) is 54.5 Å². The summed E-state index contributed by atoms with van der Waals surface area (Å²) < 4.78 is 22.6. The van der Waals surface area contributed by atoms with Gasteiger partial charge in [-0.1, -0.05) is 13.8 Å². The van der Waals surface area contributed by atoms with Gasteiger partial charge in [-0.15, -0.1) is 0 Å². The standard InChI is InChI=1S/C7H15NO3S/c1-5-6(2)7(9)8(3)12(4,10)11/h6H,5H2,1-4H3. The Morgan fingerprint density at radius 2 is 1.92 bits per heavy atom. The van der Waals surface area contributed by atoms with Gasteiger partial charge in [-0.05, 0) is 6.42 Å². The van der Waals surface area contributed by atoms with E-state index in [0.717, 1.165) is 10.6 Å².